The van der Waals surface area contributed by atoms with Crippen molar-refractivity contribution in [2.75, 3.05) is 0 Å². The van der Waals surface area contributed by atoms with Crippen molar-refractivity contribution >= 4 is 0 Å². The van der Waals surface area contributed by atoms with Crippen LogP contribution in [0, 0.1) is 17.3 Å². The first kappa shape index (κ1) is 14.0. The fraction of sp³-hybridized carbons (Fsp3) is 1.00. The van der Waals surface area contributed by atoms with Gasteiger partial charge in [0.05, 0.1) is 0 Å². The summed E-state index contributed by atoms with van der Waals surface area (Å²) in [5.74, 6) is 1.72. The fourth-order valence-electron chi connectivity index (χ4n) is 2.56. The predicted octanol–water partition coefficient (Wildman–Crippen LogP) is 5.28. The lowest BCUT2D eigenvalue weighted by atomic mass is 9.72. The molecule has 0 aromatic carbocycles. The zero-order valence-corrected chi connectivity index (χ0v) is 11.2. The molecule has 86 valence electrons. The van der Waals surface area contributed by atoms with Crippen molar-refractivity contribution in [3.05, 3.63) is 0 Å². The van der Waals surface area contributed by atoms with Crippen LogP contribution in [-0.4, -0.2) is 0 Å². The molecule has 0 spiro atoms. The molecule has 0 heteroatoms. The minimum absolute atomic E-state index is 0.486. The van der Waals surface area contributed by atoms with Gasteiger partial charge in [0.1, 0.15) is 0 Å². The zero-order chi connectivity index (χ0) is 11.2. The molecule has 0 aliphatic heterocycles. The smallest absolute Gasteiger partial charge is 0.0342 e. The molecule has 0 radical (unpaired) electrons. The average molecular weight is 198 g/mol. The van der Waals surface area contributed by atoms with E-state index in [0.29, 0.717) is 5.41 Å². The van der Waals surface area contributed by atoms with Crippen LogP contribution in [0.25, 0.3) is 0 Å². The van der Waals surface area contributed by atoms with E-state index in [1.807, 2.05) is 0 Å². The lowest BCUT2D eigenvalue weighted by Crippen LogP contribution is -2.25. The maximum Gasteiger partial charge on any atom is -0.0342 e. The van der Waals surface area contributed by atoms with Crippen LogP contribution < -0.4 is 0 Å². The summed E-state index contributed by atoms with van der Waals surface area (Å²) in [6.07, 6.45) is 7.03. The molecule has 0 heterocycles. The van der Waals surface area contributed by atoms with E-state index in [9.17, 15) is 0 Å². The SMILES string of the molecule is CCCCCCC(C(C)C)C(C)(C)C. The van der Waals surface area contributed by atoms with Crippen molar-refractivity contribution in [1.29, 1.82) is 0 Å². The average Bonchev–Trinajstić information content (AvgIpc) is 2.01. The molecule has 0 nitrogen and oxygen atoms in total. The summed E-state index contributed by atoms with van der Waals surface area (Å²) in [4.78, 5) is 0. The molecule has 0 fully saturated rings. The van der Waals surface area contributed by atoms with Gasteiger partial charge in [0.2, 0.25) is 0 Å². The highest BCUT2D eigenvalue weighted by Gasteiger charge is 2.26. The Balaban J connectivity index is 3.87. The summed E-state index contributed by atoms with van der Waals surface area (Å²) >= 11 is 0. The molecular formula is C14H30. The minimum atomic E-state index is 0.486. The van der Waals surface area contributed by atoms with E-state index in [4.69, 9.17) is 0 Å². The molecule has 0 aromatic heterocycles. The Hall–Kier alpha value is 0. The van der Waals surface area contributed by atoms with Gasteiger partial charge in [0.15, 0.2) is 0 Å². The first-order valence-corrected chi connectivity index (χ1v) is 6.39. The van der Waals surface area contributed by atoms with Crippen molar-refractivity contribution in [2.45, 2.75) is 73.6 Å². The molecule has 0 aromatic rings. The summed E-state index contributed by atoms with van der Waals surface area (Å²) in [6.45, 7) is 14.2. The van der Waals surface area contributed by atoms with Crippen LogP contribution in [0.3, 0.4) is 0 Å². The van der Waals surface area contributed by atoms with E-state index >= 15 is 0 Å². The van der Waals surface area contributed by atoms with E-state index < -0.39 is 0 Å². The Morgan fingerprint density at radius 2 is 1.50 bits per heavy atom. The van der Waals surface area contributed by atoms with Gasteiger partial charge < -0.3 is 0 Å². The number of unbranched alkanes of at least 4 members (excludes halogenated alkanes) is 3. The molecule has 14 heavy (non-hydrogen) atoms. The van der Waals surface area contributed by atoms with Crippen molar-refractivity contribution in [2.24, 2.45) is 17.3 Å². The standard InChI is InChI=1S/C14H30/c1-7-8-9-10-11-13(12(2)3)14(4,5)6/h12-13H,7-11H2,1-6H3. The van der Waals surface area contributed by atoms with Crippen molar-refractivity contribution in [1.82, 2.24) is 0 Å². The van der Waals surface area contributed by atoms with Crippen molar-refractivity contribution < 1.29 is 0 Å². The lowest BCUT2D eigenvalue weighted by molar-refractivity contribution is 0.162. The van der Waals surface area contributed by atoms with Crippen LogP contribution in [0.4, 0.5) is 0 Å². The summed E-state index contributed by atoms with van der Waals surface area (Å²) in [5.41, 5.74) is 0.486. The van der Waals surface area contributed by atoms with Gasteiger partial charge in [-0.15, -0.1) is 0 Å². The maximum absolute atomic E-state index is 2.39. The molecule has 1 unspecified atom stereocenters. The van der Waals surface area contributed by atoms with Crippen molar-refractivity contribution in [3.8, 4) is 0 Å². The molecule has 0 aliphatic rings. The number of rotatable bonds is 6. The second kappa shape index (κ2) is 6.48. The topological polar surface area (TPSA) is 0 Å². The summed E-state index contributed by atoms with van der Waals surface area (Å²) in [5, 5.41) is 0. The van der Waals surface area contributed by atoms with Crippen LogP contribution in [0.5, 0.6) is 0 Å². The highest BCUT2D eigenvalue weighted by atomic mass is 14.3. The normalized spacial score (nSPS) is 14.8. The highest BCUT2D eigenvalue weighted by molar-refractivity contribution is 4.76. The zero-order valence-electron chi connectivity index (χ0n) is 11.2. The minimum Gasteiger partial charge on any atom is -0.0654 e. The van der Waals surface area contributed by atoms with Crippen LogP contribution in [0.1, 0.15) is 73.6 Å². The Labute approximate surface area is 91.5 Å². The number of hydrogen-bond donors (Lipinski definition) is 0. The van der Waals surface area contributed by atoms with Gasteiger partial charge in [-0.2, -0.15) is 0 Å². The van der Waals surface area contributed by atoms with Gasteiger partial charge >= 0.3 is 0 Å². The first-order valence-electron chi connectivity index (χ1n) is 6.39. The quantitative estimate of drug-likeness (QED) is 0.510. The molecule has 1 atom stereocenters. The van der Waals surface area contributed by atoms with Crippen LogP contribution in [0.2, 0.25) is 0 Å². The number of hydrogen-bond acceptors (Lipinski definition) is 0. The van der Waals surface area contributed by atoms with Crippen molar-refractivity contribution in [3.63, 3.8) is 0 Å². The molecule has 0 saturated carbocycles. The molecule has 0 rings (SSSR count). The molecule has 0 amide bonds. The van der Waals surface area contributed by atoms with E-state index in [2.05, 4.69) is 41.5 Å². The molecule has 0 bridgehead atoms. The predicted molar refractivity (Wildman–Crippen MR) is 66.5 cm³/mol. The van der Waals surface area contributed by atoms with Crippen LogP contribution >= 0.6 is 0 Å². The van der Waals surface area contributed by atoms with E-state index in [-0.39, 0.29) is 0 Å². The second-order valence-electron chi connectivity index (χ2n) is 6.07. The van der Waals surface area contributed by atoms with Gasteiger partial charge in [-0.3, -0.25) is 0 Å². The third-order valence-corrected chi connectivity index (χ3v) is 3.29. The van der Waals surface area contributed by atoms with Crippen LogP contribution in [-0.2, 0) is 0 Å². The van der Waals surface area contributed by atoms with Gasteiger partial charge in [0.25, 0.3) is 0 Å². The molecular weight excluding hydrogens is 168 g/mol. The van der Waals surface area contributed by atoms with Gasteiger partial charge in [-0.05, 0) is 23.7 Å². The third-order valence-electron chi connectivity index (χ3n) is 3.29. The van der Waals surface area contributed by atoms with Gasteiger partial charge in [0, 0.05) is 0 Å². The Bertz CT molecular complexity index is 127. The maximum atomic E-state index is 2.39. The second-order valence-corrected chi connectivity index (χ2v) is 6.07. The summed E-state index contributed by atoms with van der Waals surface area (Å²) < 4.78 is 0. The lowest BCUT2D eigenvalue weighted by Gasteiger charge is -2.34. The Kier molecular flexibility index (Phi) is 6.48. The first-order chi connectivity index (χ1) is 6.39. The van der Waals surface area contributed by atoms with E-state index in [1.54, 1.807) is 0 Å². The van der Waals surface area contributed by atoms with Gasteiger partial charge in [-0.25, -0.2) is 0 Å². The molecule has 0 saturated heterocycles. The van der Waals surface area contributed by atoms with E-state index in [0.717, 1.165) is 11.8 Å². The summed E-state index contributed by atoms with van der Waals surface area (Å²) in [7, 11) is 0. The summed E-state index contributed by atoms with van der Waals surface area (Å²) in [6, 6.07) is 0. The Morgan fingerprint density at radius 3 is 1.86 bits per heavy atom. The monoisotopic (exact) mass is 198 g/mol. The largest absolute Gasteiger partial charge is 0.0654 e. The highest BCUT2D eigenvalue weighted by Crippen LogP contribution is 2.35. The van der Waals surface area contributed by atoms with Gasteiger partial charge in [-0.1, -0.05) is 67.2 Å². The molecule has 0 aliphatic carbocycles. The molecule has 0 N–H and O–H groups in total. The van der Waals surface area contributed by atoms with Crippen LogP contribution in [0.15, 0.2) is 0 Å². The fourth-order valence-corrected chi connectivity index (χ4v) is 2.56. The van der Waals surface area contributed by atoms with E-state index in [1.165, 1.54) is 32.1 Å². The third kappa shape index (κ3) is 5.67. The Morgan fingerprint density at radius 1 is 0.929 bits per heavy atom.